The van der Waals surface area contributed by atoms with Crippen molar-refractivity contribution in [2.75, 3.05) is 19.1 Å². The van der Waals surface area contributed by atoms with E-state index in [-0.39, 0.29) is 17.4 Å². The Bertz CT molecular complexity index is 758. The molecule has 1 amide bonds. The lowest BCUT2D eigenvalue weighted by molar-refractivity contribution is -0.113. The lowest BCUT2D eigenvalue weighted by atomic mass is 10.1. The summed E-state index contributed by atoms with van der Waals surface area (Å²) in [5, 5.41) is 0. The number of amides is 1. The standard InChI is InChI=1S/C19H19F2NO3/c1-13-7-10-15(11-8-13)22(2)17(23)12-9-14-5-4-6-16(24-3)18(14)25-19(20)21/h4-12,19H,1-3H3. The number of carbonyl (C=O) groups is 1. The normalized spacial score (nSPS) is 11.0. The number of rotatable bonds is 6. The number of ether oxygens (including phenoxy) is 2. The first kappa shape index (κ1) is 18.4. The molecule has 2 aromatic carbocycles. The minimum absolute atomic E-state index is 0.109. The Morgan fingerprint density at radius 1 is 1.16 bits per heavy atom. The molecule has 132 valence electrons. The topological polar surface area (TPSA) is 38.8 Å². The van der Waals surface area contributed by atoms with Gasteiger partial charge in [-0.1, -0.05) is 29.8 Å². The van der Waals surface area contributed by atoms with Crippen molar-refractivity contribution in [1.82, 2.24) is 0 Å². The van der Waals surface area contributed by atoms with E-state index in [1.54, 1.807) is 19.2 Å². The summed E-state index contributed by atoms with van der Waals surface area (Å²) in [7, 11) is 3.00. The van der Waals surface area contributed by atoms with E-state index in [9.17, 15) is 13.6 Å². The summed E-state index contributed by atoms with van der Waals surface area (Å²) < 4.78 is 34.8. The minimum atomic E-state index is -2.99. The fourth-order valence-corrected chi connectivity index (χ4v) is 2.21. The van der Waals surface area contributed by atoms with Crippen molar-refractivity contribution < 1.29 is 23.0 Å². The van der Waals surface area contributed by atoms with Gasteiger partial charge in [-0.2, -0.15) is 8.78 Å². The zero-order valence-corrected chi connectivity index (χ0v) is 14.2. The number of para-hydroxylation sites is 1. The predicted octanol–water partition coefficient (Wildman–Crippen LogP) is 4.28. The molecule has 0 radical (unpaired) electrons. The van der Waals surface area contributed by atoms with E-state index in [2.05, 4.69) is 4.74 Å². The summed E-state index contributed by atoms with van der Waals surface area (Å²) in [6, 6.07) is 12.2. The second-order valence-corrected chi connectivity index (χ2v) is 5.32. The van der Waals surface area contributed by atoms with Crippen LogP contribution in [0, 0.1) is 6.92 Å². The molecule has 0 fully saturated rings. The molecule has 6 heteroatoms. The molecule has 0 heterocycles. The van der Waals surface area contributed by atoms with Gasteiger partial charge in [-0.3, -0.25) is 4.79 Å². The molecule has 2 rings (SSSR count). The Hall–Kier alpha value is -2.89. The molecule has 0 aliphatic heterocycles. The monoisotopic (exact) mass is 347 g/mol. The molecule has 0 saturated heterocycles. The first-order valence-electron chi connectivity index (χ1n) is 7.56. The third-order valence-corrected chi connectivity index (χ3v) is 3.59. The second kappa shape index (κ2) is 8.28. The van der Waals surface area contributed by atoms with Gasteiger partial charge < -0.3 is 14.4 Å². The lowest BCUT2D eigenvalue weighted by Gasteiger charge is -2.16. The van der Waals surface area contributed by atoms with E-state index >= 15 is 0 Å². The van der Waals surface area contributed by atoms with Crippen LogP contribution in [-0.2, 0) is 4.79 Å². The second-order valence-electron chi connectivity index (χ2n) is 5.32. The molecule has 0 aromatic heterocycles. The maximum Gasteiger partial charge on any atom is 0.387 e. The molecule has 4 nitrogen and oxygen atoms in total. The number of hydrogen-bond acceptors (Lipinski definition) is 3. The van der Waals surface area contributed by atoms with Crippen molar-refractivity contribution in [2.24, 2.45) is 0 Å². The van der Waals surface area contributed by atoms with Crippen LogP contribution in [0.15, 0.2) is 48.5 Å². The Kier molecular flexibility index (Phi) is 6.11. The highest BCUT2D eigenvalue weighted by molar-refractivity contribution is 6.03. The maximum atomic E-state index is 12.6. The van der Waals surface area contributed by atoms with Crippen molar-refractivity contribution in [3.63, 3.8) is 0 Å². The number of halogens is 2. The molecule has 0 unspecified atom stereocenters. The highest BCUT2D eigenvalue weighted by Crippen LogP contribution is 2.33. The number of methoxy groups -OCH3 is 1. The SMILES string of the molecule is COc1cccc(C=CC(=O)N(C)c2ccc(C)cc2)c1OC(F)F. The van der Waals surface area contributed by atoms with Crippen molar-refractivity contribution in [2.45, 2.75) is 13.5 Å². The van der Waals surface area contributed by atoms with Crippen LogP contribution in [0.2, 0.25) is 0 Å². The Morgan fingerprint density at radius 2 is 1.84 bits per heavy atom. The average molecular weight is 347 g/mol. The predicted molar refractivity (Wildman–Crippen MR) is 93.2 cm³/mol. The molecule has 0 bridgehead atoms. The number of aryl methyl sites for hydroxylation is 1. The molecule has 0 aliphatic carbocycles. The number of anilines is 1. The maximum absolute atomic E-state index is 12.6. The van der Waals surface area contributed by atoms with E-state index in [0.717, 1.165) is 11.3 Å². The van der Waals surface area contributed by atoms with Crippen LogP contribution < -0.4 is 14.4 Å². The van der Waals surface area contributed by atoms with Gasteiger partial charge in [0.25, 0.3) is 5.91 Å². The summed E-state index contributed by atoms with van der Waals surface area (Å²) in [4.78, 5) is 13.8. The minimum Gasteiger partial charge on any atom is -0.493 e. The van der Waals surface area contributed by atoms with Gasteiger partial charge in [0, 0.05) is 24.4 Å². The summed E-state index contributed by atoms with van der Waals surface area (Å²) in [6.45, 7) is -1.03. The van der Waals surface area contributed by atoms with Gasteiger partial charge in [-0.05, 0) is 31.2 Å². The molecule has 0 saturated carbocycles. The molecular formula is C19H19F2NO3. The summed E-state index contributed by atoms with van der Waals surface area (Å²) in [5.74, 6) is -0.238. The summed E-state index contributed by atoms with van der Waals surface area (Å²) in [5.41, 5.74) is 2.14. The third kappa shape index (κ3) is 4.79. The highest BCUT2D eigenvalue weighted by atomic mass is 19.3. The van der Waals surface area contributed by atoms with E-state index in [4.69, 9.17) is 4.74 Å². The zero-order chi connectivity index (χ0) is 18.4. The van der Waals surface area contributed by atoms with Gasteiger partial charge in [0.15, 0.2) is 11.5 Å². The number of likely N-dealkylation sites (N-methyl/N-ethyl adjacent to an activating group) is 1. The fourth-order valence-electron chi connectivity index (χ4n) is 2.21. The zero-order valence-electron chi connectivity index (χ0n) is 14.2. The lowest BCUT2D eigenvalue weighted by Crippen LogP contribution is -2.23. The smallest absolute Gasteiger partial charge is 0.387 e. The van der Waals surface area contributed by atoms with Crippen LogP contribution in [0.25, 0.3) is 6.08 Å². The van der Waals surface area contributed by atoms with E-state index < -0.39 is 6.61 Å². The van der Waals surface area contributed by atoms with Gasteiger partial charge >= 0.3 is 6.61 Å². The van der Waals surface area contributed by atoms with Crippen molar-refractivity contribution in [3.05, 3.63) is 59.7 Å². The first-order chi connectivity index (χ1) is 11.9. The summed E-state index contributed by atoms with van der Waals surface area (Å²) in [6.07, 6.45) is 2.72. The number of carbonyl (C=O) groups excluding carboxylic acids is 1. The van der Waals surface area contributed by atoms with Crippen molar-refractivity contribution >= 4 is 17.7 Å². The van der Waals surface area contributed by atoms with Crippen molar-refractivity contribution in [1.29, 1.82) is 0 Å². The van der Waals surface area contributed by atoms with Crippen LogP contribution >= 0.6 is 0 Å². The van der Waals surface area contributed by atoms with Gasteiger partial charge in [0.1, 0.15) is 0 Å². The largest absolute Gasteiger partial charge is 0.493 e. The number of hydrogen-bond donors (Lipinski definition) is 0. The fraction of sp³-hybridized carbons (Fsp3) is 0.211. The molecular weight excluding hydrogens is 328 g/mol. The Morgan fingerprint density at radius 3 is 2.44 bits per heavy atom. The average Bonchev–Trinajstić information content (AvgIpc) is 2.60. The van der Waals surface area contributed by atoms with Crippen LogP contribution in [0.1, 0.15) is 11.1 Å². The summed E-state index contributed by atoms with van der Waals surface area (Å²) >= 11 is 0. The molecule has 0 aliphatic rings. The van der Waals surface area contributed by atoms with Crippen LogP contribution in [-0.4, -0.2) is 26.7 Å². The Labute approximate surface area is 145 Å². The van der Waals surface area contributed by atoms with E-state index in [0.29, 0.717) is 5.56 Å². The number of nitrogens with zero attached hydrogens (tertiary/aromatic N) is 1. The van der Waals surface area contributed by atoms with Crippen LogP contribution in [0.4, 0.5) is 14.5 Å². The highest BCUT2D eigenvalue weighted by Gasteiger charge is 2.14. The van der Waals surface area contributed by atoms with Crippen LogP contribution in [0.3, 0.4) is 0 Å². The van der Waals surface area contributed by atoms with Crippen LogP contribution in [0.5, 0.6) is 11.5 Å². The van der Waals surface area contributed by atoms with E-state index in [1.807, 2.05) is 31.2 Å². The van der Waals surface area contributed by atoms with Gasteiger partial charge in [-0.15, -0.1) is 0 Å². The van der Waals surface area contributed by atoms with Gasteiger partial charge in [0.2, 0.25) is 0 Å². The third-order valence-electron chi connectivity index (χ3n) is 3.59. The first-order valence-corrected chi connectivity index (χ1v) is 7.56. The quantitative estimate of drug-likeness (QED) is 0.732. The van der Waals surface area contributed by atoms with E-state index in [1.165, 1.54) is 30.2 Å². The molecule has 0 atom stereocenters. The van der Waals surface area contributed by atoms with Gasteiger partial charge in [0.05, 0.1) is 7.11 Å². The molecule has 0 spiro atoms. The number of benzene rings is 2. The van der Waals surface area contributed by atoms with Crippen molar-refractivity contribution in [3.8, 4) is 11.5 Å². The molecule has 0 N–H and O–H groups in total. The molecule has 2 aromatic rings. The number of alkyl halides is 2. The molecule has 25 heavy (non-hydrogen) atoms. The van der Waals surface area contributed by atoms with Gasteiger partial charge in [-0.25, -0.2) is 0 Å². The Balaban J connectivity index is 2.23.